The minimum Gasteiger partial charge on any atom is -0.486 e. The average molecular weight is 471 g/mol. The summed E-state index contributed by atoms with van der Waals surface area (Å²) in [6.45, 7) is 8.76. The zero-order valence-electron chi connectivity index (χ0n) is 18.3. The van der Waals surface area contributed by atoms with Gasteiger partial charge in [-0.15, -0.1) is 16.8 Å². The summed E-state index contributed by atoms with van der Waals surface area (Å²) in [5, 5.41) is 12.9. The maximum Gasteiger partial charge on any atom is 0.234 e. The Bertz CT molecular complexity index is 1040. The van der Waals surface area contributed by atoms with Gasteiger partial charge in [-0.2, -0.15) is 0 Å². The Balaban J connectivity index is 1.65. The van der Waals surface area contributed by atoms with E-state index in [2.05, 4.69) is 48.1 Å². The number of aryl methyl sites for hydroxylation is 2. The second-order valence-corrected chi connectivity index (χ2v) is 8.41. The van der Waals surface area contributed by atoms with Gasteiger partial charge in [0.25, 0.3) is 0 Å². The zero-order valence-corrected chi connectivity index (χ0v) is 19.9. The van der Waals surface area contributed by atoms with Crippen LogP contribution in [0.2, 0.25) is 5.02 Å². The lowest BCUT2D eigenvalue weighted by molar-refractivity contribution is -0.113. The maximum absolute atomic E-state index is 12.7. The lowest BCUT2D eigenvalue weighted by Crippen LogP contribution is -2.17. The molecule has 1 aromatic heterocycles. The van der Waals surface area contributed by atoms with Gasteiger partial charge < -0.3 is 10.1 Å². The van der Waals surface area contributed by atoms with E-state index in [0.717, 1.165) is 29.7 Å². The summed E-state index contributed by atoms with van der Waals surface area (Å²) in [4.78, 5) is 12.7. The summed E-state index contributed by atoms with van der Waals surface area (Å²) in [6.07, 6.45) is 3.49. The smallest absolute Gasteiger partial charge is 0.234 e. The van der Waals surface area contributed by atoms with E-state index in [4.69, 9.17) is 16.3 Å². The van der Waals surface area contributed by atoms with Crippen molar-refractivity contribution in [3.8, 4) is 5.75 Å². The van der Waals surface area contributed by atoms with Crippen molar-refractivity contribution in [1.82, 2.24) is 14.8 Å². The Morgan fingerprint density at radius 3 is 2.47 bits per heavy atom. The first-order valence-electron chi connectivity index (χ1n) is 10.5. The molecule has 0 unspecified atom stereocenters. The largest absolute Gasteiger partial charge is 0.486 e. The number of nitrogens with zero attached hydrogens (tertiary/aromatic N) is 3. The summed E-state index contributed by atoms with van der Waals surface area (Å²) in [7, 11) is 0. The van der Waals surface area contributed by atoms with Crippen LogP contribution >= 0.6 is 23.4 Å². The van der Waals surface area contributed by atoms with Crippen LogP contribution in [0.15, 0.2) is 60.3 Å². The molecule has 0 atom stereocenters. The standard InChI is InChI=1S/C24H27ClN4O2S/c1-4-14-29-21(15-31-20-12-10-19(25)11-13-20)27-28-24(29)32-16-22(30)26-23-17(5-2)8-7-9-18(23)6-3/h4,7-13H,1,5-6,14-16H2,2-3H3,(H,26,30). The number of rotatable bonds is 11. The summed E-state index contributed by atoms with van der Waals surface area (Å²) in [6, 6.07) is 13.3. The molecule has 3 rings (SSSR count). The molecule has 1 heterocycles. The monoisotopic (exact) mass is 470 g/mol. The van der Waals surface area contributed by atoms with Gasteiger partial charge in [0, 0.05) is 17.3 Å². The highest BCUT2D eigenvalue weighted by Gasteiger charge is 2.15. The van der Waals surface area contributed by atoms with Gasteiger partial charge in [0.2, 0.25) is 5.91 Å². The van der Waals surface area contributed by atoms with Crippen LogP contribution in [-0.4, -0.2) is 26.4 Å². The number of thioether (sulfide) groups is 1. The van der Waals surface area contributed by atoms with Gasteiger partial charge in [-0.05, 0) is 48.2 Å². The van der Waals surface area contributed by atoms with Crippen molar-refractivity contribution in [3.63, 3.8) is 0 Å². The number of amides is 1. The first-order valence-corrected chi connectivity index (χ1v) is 11.9. The number of benzene rings is 2. The van der Waals surface area contributed by atoms with Gasteiger partial charge in [-0.25, -0.2) is 0 Å². The van der Waals surface area contributed by atoms with Crippen LogP contribution in [-0.2, 0) is 30.8 Å². The van der Waals surface area contributed by atoms with E-state index in [1.54, 1.807) is 30.3 Å². The predicted molar refractivity (Wildman–Crippen MR) is 131 cm³/mol. The van der Waals surface area contributed by atoms with Crippen molar-refractivity contribution < 1.29 is 9.53 Å². The predicted octanol–water partition coefficient (Wildman–Crippen LogP) is 5.55. The summed E-state index contributed by atoms with van der Waals surface area (Å²) >= 11 is 7.26. The highest BCUT2D eigenvalue weighted by Crippen LogP contribution is 2.24. The third-order valence-electron chi connectivity index (χ3n) is 4.88. The Hall–Kier alpha value is -2.77. The number of para-hydroxylation sites is 1. The Labute approximate surface area is 198 Å². The van der Waals surface area contributed by atoms with Crippen molar-refractivity contribution in [1.29, 1.82) is 0 Å². The molecular weight excluding hydrogens is 444 g/mol. The van der Waals surface area contributed by atoms with Gasteiger partial charge in [0.1, 0.15) is 12.4 Å². The molecule has 0 radical (unpaired) electrons. The number of allylic oxidation sites excluding steroid dienone is 1. The number of carbonyl (C=O) groups is 1. The van der Waals surface area contributed by atoms with Gasteiger partial charge in [0.15, 0.2) is 11.0 Å². The van der Waals surface area contributed by atoms with E-state index >= 15 is 0 Å². The minimum atomic E-state index is -0.0716. The number of hydrogen-bond donors (Lipinski definition) is 1. The van der Waals surface area contributed by atoms with Crippen molar-refractivity contribution in [2.75, 3.05) is 11.1 Å². The molecule has 0 fully saturated rings. The van der Waals surface area contributed by atoms with Gasteiger partial charge in [-0.3, -0.25) is 9.36 Å². The van der Waals surface area contributed by atoms with Gasteiger partial charge >= 0.3 is 0 Å². The van der Waals surface area contributed by atoms with Crippen LogP contribution in [0.25, 0.3) is 0 Å². The molecule has 0 aliphatic heterocycles. The molecule has 0 spiro atoms. The molecule has 168 valence electrons. The average Bonchev–Trinajstić information content (AvgIpc) is 3.19. The Kier molecular flexibility index (Phi) is 8.76. The minimum absolute atomic E-state index is 0.0716. The molecule has 3 aromatic rings. The number of halogens is 1. The molecule has 0 aliphatic carbocycles. The fourth-order valence-corrected chi connectivity index (χ4v) is 4.13. The van der Waals surface area contributed by atoms with Crippen molar-refractivity contribution in [2.45, 2.75) is 45.0 Å². The van der Waals surface area contributed by atoms with Gasteiger partial charge in [-0.1, -0.05) is 61.5 Å². The van der Waals surface area contributed by atoms with E-state index < -0.39 is 0 Å². The molecule has 32 heavy (non-hydrogen) atoms. The van der Waals surface area contributed by atoms with E-state index in [1.165, 1.54) is 11.8 Å². The van der Waals surface area contributed by atoms with E-state index in [9.17, 15) is 4.79 Å². The zero-order chi connectivity index (χ0) is 22.9. The molecule has 0 bridgehead atoms. The molecule has 1 amide bonds. The summed E-state index contributed by atoms with van der Waals surface area (Å²) < 4.78 is 7.70. The van der Waals surface area contributed by atoms with E-state index in [-0.39, 0.29) is 18.3 Å². The number of carbonyl (C=O) groups excluding carboxylic acids is 1. The topological polar surface area (TPSA) is 69.0 Å². The SMILES string of the molecule is C=CCn1c(COc2ccc(Cl)cc2)nnc1SCC(=O)Nc1c(CC)cccc1CC. The number of anilines is 1. The number of ether oxygens (including phenoxy) is 1. The molecular formula is C24H27ClN4O2S. The molecule has 2 aromatic carbocycles. The van der Waals surface area contributed by atoms with Crippen LogP contribution in [0.3, 0.4) is 0 Å². The second-order valence-electron chi connectivity index (χ2n) is 7.04. The van der Waals surface area contributed by atoms with Crippen molar-refractivity contribution in [3.05, 3.63) is 77.1 Å². The second kappa shape index (κ2) is 11.7. The van der Waals surface area contributed by atoms with Crippen LogP contribution in [0.5, 0.6) is 5.75 Å². The highest BCUT2D eigenvalue weighted by atomic mass is 35.5. The molecule has 0 saturated carbocycles. The van der Waals surface area contributed by atoms with Crippen LogP contribution in [0.4, 0.5) is 5.69 Å². The maximum atomic E-state index is 12.7. The third-order valence-corrected chi connectivity index (χ3v) is 6.10. The van der Waals surface area contributed by atoms with Crippen LogP contribution in [0, 0.1) is 0 Å². The summed E-state index contributed by atoms with van der Waals surface area (Å²) in [5.74, 6) is 1.51. The number of hydrogen-bond acceptors (Lipinski definition) is 5. The summed E-state index contributed by atoms with van der Waals surface area (Å²) in [5.41, 5.74) is 3.20. The van der Waals surface area contributed by atoms with Crippen LogP contribution in [0.1, 0.15) is 30.8 Å². The molecule has 0 saturated heterocycles. The third kappa shape index (κ3) is 6.14. The lowest BCUT2D eigenvalue weighted by Gasteiger charge is -2.14. The highest BCUT2D eigenvalue weighted by molar-refractivity contribution is 7.99. The quantitative estimate of drug-likeness (QED) is 0.294. The molecule has 1 N–H and O–H groups in total. The first kappa shape index (κ1) is 23.9. The molecule has 0 aliphatic rings. The lowest BCUT2D eigenvalue weighted by atomic mass is 10.0. The van der Waals surface area contributed by atoms with Crippen LogP contribution < -0.4 is 10.1 Å². The number of nitrogens with one attached hydrogen (secondary N) is 1. The fraction of sp³-hybridized carbons (Fsp3) is 0.292. The molecule has 6 nitrogen and oxygen atoms in total. The Morgan fingerprint density at radius 1 is 1.16 bits per heavy atom. The van der Waals surface area contributed by atoms with E-state index in [1.807, 2.05) is 10.6 Å². The number of aromatic nitrogens is 3. The van der Waals surface area contributed by atoms with Crippen molar-refractivity contribution >= 4 is 35.0 Å². The van der Waals surface area contributed by atoms with Gasteiger partial charge in [0.05, 0.1) is 5.75 Å². The van der Waals surface area contributed by atoms with Crippen molar-refractivity contribution in [2.24, 2.45) is 0 Å². The first-order chi connectivity index (χ1) is 15.5. The fourth-order valence-electron chi connectivity index (χ4n) is 3.23. The normalized spacial score (nSPS) is 10.7. The van der Waals surface area contributed by atoms with E-state index in [0.29, 0.717) is 28.3 Å². The Morgan fingerprint density at radius 2 is 1.84 bits per heavy atom. The molecule has 8 heteroatoms.